The van der Waals surface area contributed by atoms with Gasteiger partial charge in [-0.05, 0) is 37.2 Å². The van der Waals surface area contributed by atoms with E-state index < -0.39 is 0 Å². The third-order valence-corrected chi connectivity index (χ3v) is 2.93. The fourth-order valence-corrected chi connectivity index (χ4v) is 2.08. The molecule has 0 saturated heterocycles. The van der Waals surface area contributed by atoms with E-state index in [1.165, 1.54) is 6.07 Å². The Balaban J connectivity index is 2.76. The second kappa shape index (κ2) is 4.22. The number of para-hydroxylation sites is 1. The standard InChI is InChI=1S/C12H13FN2S/c1-3-9-7-14-12(16)15(9)11-8(2)5-4-6-10(11)13/h4-7H,3H2,1-2H3,(H,14,16). The molecule has 0 aliphatic carbocycles. The van der Waals surface area contributed by atoms with Gasteiger partial charge in [0.2, 0.25) is 0 Å². The second-order valence-electron chi connectivity index (χ2n) is 3.68. The average Bonchev–Trinajstić information content (AvgIpc) is 2.60. The lowest BCUT2D eigenvalue weighted by Gasteiger charge is -2.11. The first-order valence-electron chi connectivity index (χ1n) is 5.20. The zero-order valence-corrected chi connectivity index (χ0v) is 10.1. The summed E-state index contributed by atoms with van der Waals surface area (Å²) in [5.41, 5.74) is 2.41. The van der Waals surface area contributed by atoms with E-state index in [4.69, 9.17) is 12.2 Å². The number of hydrogen-bond donors (Lipinski definition) is 1. The van der Waals surface area contributed by atoms with Crippen LogP contribution in [0.15, 0.2) is 24.4 Å². The quantitative estimate of drug-likeness (QED) is 0.791. The highest BCUT2D eigenvalue weighted by molar-refractivity contribution is 7.71. The van der Waals surface area contributed by atoms with Crippen LogP contribution in [0, 0.1) is 17.5 Å². The molecule has 0 bridgehead atoms. The highest BCUT2D eigenvalue weighted by Gasteiger charge is 2.11. The van der Waals surface area contributed by atoms with Gasteiger partial charge in [-0.25, -0.2) is 4.39 Å². The molecule has 1 N–H and O–H groups in total. The molecule has 1 aromatic heterocycles. The van der Waals surface area contributed by atoms with Crippen molar-refractivity contribution in [3.05, 3.63) is 46.2 Å². The van der Waals surface area contributed by atoms with E-state index in [1.807, 2.05) is 26.1 Å². The molecule has 1 aromatic carbocycles. The molecular formula is C12H13FN2S. The largest absolute Gasteiger partial charge is 0.337 e. The van der Waals surface area contributed by atoms with Gasteiger partial charge in [-0.15, -0.1) is 0 Å². The Morgan fingerprint density at radius 1 is 1.44 bits per heavy atom. The first-order valence-corrected chi connectivity index (χ1v) is 5.60. The molecule has 16 heavy (non-hydrogen) atoms. The van der Waals surface area contributed by atoms with E-state index in [0.29, 0.717) is 10.5 Å². The topological polar surface area (TPSA) is 20.7 Å². The second-order valence-corrected chi connectivity index (χ2v) is 4.07. The minimum absolute atomic E-state index is 0.245. The van der Waals surface area contributed by atoms with E-state index in [-0.39, 0.29) is 5.82 Å². The number of aromatic nitrogens is 2. The predicted octanol–water partition coefficient (Wildman–Crippen LogP) is 3.54. The molecule has 2 nitrogen and oxygen atoms in total. The van der Waals surface area contributed by atoms with Crippen molar-refractivity contribution in [3.8, 4) is 5.69 Å². The molecule has 0 aliphatic rings. The number of benzene rings is 1. The first-order chi connectivity index (χ1) is 7.65. The lowest BCUT2D eigenvalue weighted by molar-refractivity contribution is 0.613. The fourth-order valence-electron chi connectivity index (χ4n) is 1.82. The molecule has 0 aliphatic heterocycles. The van der Waals surface area contributed by atoms with Crippen molar-refractivity contribution in [2.75, 3.05) is 0 Å². The summed E-state index contributed by atoms with van der Waals surface area (Å²) in [6, 6.07) is 5.04. The SMILES string of the molecule is CCc1c[nH]c(=S)n1-c1c(C)cccc1F. The number of H-pyrrole nitrogens is 1. The van der Waals surface area contributed by atoms with Gasteiger partial charge in [0.15, 0.2) is 4.77 Å². The highest BCUT2D eigenvalue weighted by atomic mass is 32.1. The van der Waals surface area contributed by atoms with Gasteiger partial charge in [0, 0.05) is 11.9 Å². The minimum atomic E-state index is -0.245. The number of rotatable bonds is 2. The van der Waals surface area contributed by atoms with Crippen LogP contribution in [0.3, 0.4) is 0 Å². The lowest BCUT2D eigenvalue weighted by atomic mass is 10.2. The summed E-state index contributed by atoms with van der Waals surface area (Å²) in [5.74, 6) is -0.245. The van der Waals surface area contributed by atoms with Gasteiger partial charge in [0.25, 0.3) is 0 Å². The summed E-state index contributed by atoms with van der Waals surface area (Å²) < 4.78 is 16.1. The minimum Gasteiger partial charge on any atom is -0.337 e. The van der Waals surface area contributed by atoms with Crippen LogP contribution in [-0.4, -0.2) is 9.55 Å². The third kappa shape index (κ3) is 1.69. The van der Waals surface area contributed by atoms with Crippen LogP contribution in [0.2, 0.25) is 0 Å². The Kier molecular flexibility index (Phi) is 2.92. The van der Waals surface area contributed by atoms with Gasteiger partial charge in [-0.1, -0.05) is 19.1 Å². The summed E-state index contributed by atoms with van der Waals surface area (Å²) in [7, 11) is 0. The van der Waals surface area contributed by atoms with Crippen LogP contribution in [0.25, 0.3) is 5.69 Å². The van der Waals surface area contributed by atoms with Gasteiger partial charge in [-0.3, -0.25) is 4.57 Å². The van der Waals surface area contributed by atoms with Gasteiger partial charge >= 0.3 is 0 Å². The van der Waals surface area contributed by atoms with Gasteiger partial charge in [0.05, 0.1) is 5.69 Å². The van der Waals surface area contributed by atoms with Gasteiger partial charge in [0.1, 0.15) is 5.82 Å². The van der Waals surface area contributed by atoms with Crippen LogP contribution in [-0.2, 0) is 6.42 Å². The maximum Gasteiger partial charge on any atom is 0.182 e. The number of hydrogen-bond acceptors (Lipinski definition) is 1. The lowest BCUT2D eigenvalue weighted by Crippen LogP contribution is -2.04. The normalized spacial score (nSPS) is 10.7. The smallest absolute Gasteiger partial charge is 0.182 e. The number of halogens is 1. The van der Waals surface area contributed by atoms with Crippen molar-refractivity contribution < 1.29 is 4.39 Å². The zero-order valence-electron chi connectivity index (χ0n) is 9.25. The summed E-state index contributed by atoms with van der Waals surface area (Å²) in [6.45, 7) is 3.90. The van der Waals surface area contributed by atoms with Crippen LogP contribution in [0.1, 0.15) is 18.2 Å². The van der Waals surface area contributed by atoms with Gasteiger partial charge in [-0.2, -0.15) is 0 Å². The van der Waals surface area contributed by atoms with E-state index >= 15 is 0 Å². The maximum atomic E-state index is 13.8. The molecule has 0 fully saturated rings. The number of aryl methyl sites for hydroxylation is 2. The van der Waals surface area contributed by atoms with E-state index in [9.17, 15) is 4.39 Å². The number of imidazole rings is 1. The zero-order chi connectivity index (χ0) is 11.7. The molecule has 0 atom stereocenters. The first kappa shape index (κ1) is 11.1. The van der Waals surface area contributed by atoms with Crippen LogP contribution < -0.4 is 0 Å². The van der Waals surface area contributed by atoms with Crippen LogP contribution in [0.5, 0.6) is 0 Å². The van der Waals surface area contributed by atoms with Crippen molar-refractivity contribution in [2.24, 2.45) is 0 Å². The Morgan fingerprint density at radius 2 is 2.19 bits per heavy atom. The molecule has 1 heterocycles. The number of nitrogens with one attached hydrogen (secondary N) is 1. The highest BCUT2D eigenvalue weighted by Crippen LogP contribution is 2.20. The number of nitrogens with zero attached hydrogens (tertiary/aromatic N) is 1. The molecule has 4 heteroatoms. The monoisotopic (exact) mass is 236 g/mol. The molecule has 2 rings (SSSR count). The van der Waals surface area contributed by atoms with Crippen molar-refractivity contribution in [1.82, 2.24) is 9.55 Å². The van der Waals surface area contributed by atoms with Crippen molar-refractivity contribution in [3.63, 3.8) is 0 Å². The number of aromatic amines is 1. The average molecular weight is 236 g/mol. The molecule has 2 aromatic rings. The van der Waals surface area contributed by atoms with Crippen molar-refractivity contribution >= 4 is 12.2 Å². The van der Waals surface area contributed by atoms with E-state index in [0.717, 1.165) is 17.7 Å². The van der Waals surface area contributed by atoms with Gasteiger partial charge < -0.3 is 4.98 Å². The summed E-state index contributed by atoms with van der Waals surface area (Å²) in [5, 5.41) is 0. The summed E-state index contributed by atoms with van der Waals surface area (Å²) >= 11 is 5.18. The summed E-state index contributed by atoms with van der Waals surface area (Å²) in [6.07, 6.45) is 2.63. The predicted molar refractivity (Wildman–Crippen MR) is 65.0 cm³/mol. The molecular weight excluding hydrogens is 223 g/mol. The Hall–Kier alpha value is -1.42. The molecule has 0 saturated carbocycles. The molecule has 84 valence electrons. The van der Waals surface area contributed by atoms with Crippen LogP contribution in [0.4, 0.5) is 4.39 Å². The Bertz CT molecular complexity index is 548. The van der Waals surface area contributed by atoms with Crippen molar-refractivity contribution in [1.29, 1.82) is 0 Å². The fraction of sp³-hybridized carbons (Fsp3) is 0.250. The van der Waals surface area contributed by atoms with E-state index in [1.54, 1.807) is 10.6 Å². The third-order valence-electron chi connectivity index (χ3n) is 2.63. The van der Waals surface area contributed by atoms with E-state index in [2.05, 4.69) is 4.98 Å². The molecule has 0 unspecified atom stereocenters. The maximum absolute atomic E-state index is 13.8. The molecule has 0 amide bonds. The molecule has 0 spiro atoms. The van der Waals surface area contributed by atoms with Crippen molar-refractivity contribution in [2.45, 2.75) is 20.3 Å². The molecule has 0 radical (unpaired) electrons. The summed E-state index contributed by atoms with van der Waals surface area (Å²) in [4.78, 5) is 2.95. The van der Waals surface area contributed by atoms with Crippen LogP contribution >= 0.6 is 12.2 Å². The Morgan fingerprint density at radius 3 is 2.81 bits per heavy atom. The Labute approximate surface area is 98.7 Å².